The van der Waals surface area contributed by atoms with Crippen LogP contribution >= 0.6 is 11.3 Å². The molecule has 2 aliphatic heterocycles. The fourth-order valence-corrected chi connectivity index (χ4v) is 4.03. The van der Waals surface area contributed by atoms with Crippen molar-refractivity contribution in [2.45, 2.75) is 51.4 Å². The van der Waals surface area contributed by atoms with Crippen molar-refractivity contribution >= 4 is 17.2 Å². The highest BCUT2D eigenvalue weighted by molar-refractivity contribution is 7.10. The third-order valence-electron chi connectivity index (χ3n) is 4.69. The van der Waals surface area contributed by atoms with Gasteiger partial charge in [-0.15, -0.1) is 11.3 Å². The average molecular weight is 308 g/mol. The highest BCUT2D eigenvalue weighted by Crippen LogP contribution is 2.34. The van der Waals surface area contributed by atoms with Crippen molar-refractivity contribution in [1.29, 1.82) is 0 Å². The molecule has 2 saturated heterocycles. The molecular formula is C16H24N2O2S. The Morgan fingerprint density at radius 2 is 2.43 bits per heavy atom. The lowest BCUT2D eigenvalue weighted by Crippen LogP contribution is -2.45. The van der Waals surface area contributed by atoms with Crippen LogP contribution in [0.15, 0.2) is 17.5 Å². The molecule has 21 heavy (non-hydrogen) atoms. The number of nitrogens with zero attached hydrogens (tertiary/aromatic N) is 1. The van der Waals surface area contributed by atoms with Crippen molar-refractivity contribution in [3.8, 4) is 0 Å². The predicted molar refractivity (Wildman–Crippen MR) is 84.1 cm³/mol. The maximum absolute atomic E-state index is 12.9. The minimum atomic E-state index is -0.0657. The van der Waals surface area contributed by atoms with Gasteiger partial charge in [-0.2, -0.15) is 0 Å². The molecule has 2 aliphatic rings. The van der Waals surface area contributed by atoms with Crippen molar-refractivity contribution in [2.24, 2.45) is 5.92 Å². The van der Waals surface area contributed by atoms with Crippen LogP contribution in [0.5, 0.6) is 0 Å². The zero-order chi connectivity index (χ0) is 14.8. The second-order valence-corrected chi connectivity index (χ2v) is 7.04. The summed E-state index contributed by atoms with van der Waals surface area (Å²) in [6.45, 7) is 5.79. The van der Waals surface area contributed by atoms with Crippen molar-refractivity contribution in [1.82, 2.24) is 10.2 Å². The van der Waals surface area contributed by atoms with Crippen LogP contribution in [0.4, 0.5) is 0 Å². The number of ether oxygens (including phenoxy) is 1. The van der Waals surface area contributed by atoms with Gasteiger partial charge < -0.3 is 9.64 Å². The van der Waals surface area contributed by atoms with Crippen LogP contribution in [-0.2, 0) is 9.53 Å². The first-order chi connectivity index (χ1) is 10.2. The minimum Gasteiger partial charge on any atom is -0.379 e. The van der Waals surface area contributed by atoms with E-state index >= 15 is 0 Å². The summed E-state index contributed by atoms with van der Waals surface area (Å²) in [5.41, 5.74) is 0. The first-order valence-electron chi connectivity index (χ1n) is 7.91. The average Bonchev–Trinajstić information content (AvgIpc) is 3.15. The van der Waals surface area contributed by atoms with E-state index in [0.29, 0.717) is 12.5 Å². The van der Waals surface area contributed by atoms with E-state index in [1.807, 2.05) is 0 Å². The summed E-state index contributed by atoms with van der Waals surface area (Å²) in [6.07, 6.45) is 3.11. The van der Waals surface area contributed by atoms with E-state index in [-0.39, 0.29) is 24.2 Å². The van der Waals surface area contributed by atoms with Gasteiger partial charge in [0.05, 0.1) is 18.7 Å². The van der Waals surface area contributed by atoms with Gasteiger partial charge >= 0.3 is 0 Å². The fraction of sp³-hybridized carbons (Fsp3) is 0.688. The van der Waals surface area contributed by atoms with Crippen LogP contribution in [0.3, 0.4) is 0 Å². The molecule has 1 aromatic heterocycles. The zero-order valence-corrected chi connectivity index (χ0v) is 13.6. The Morgan fingerprint density at radius 1 is 1.57 bits per heavy atom. The molecule has 0 aliphatic carbocycles. The maximum Gasteiger partial charge on any atom is 0.241 e. The number of hydrogen-bond acceptors (Lipinski definition) is 4. The number of nitrogens with one attached hydrogen (secondary N) is 1. The smallest absolute Gasteiger partial charge is 0.241 e. The van der Waals surface area contributed by atoms with Crippen LogP contribution in [0.1, 0.15) is 44.2 Å². The van der Waals surface area contributed by atoms with Gasteiger partial charge in [-0.25, -0.2) is 0 Å². The van der Waals surface area contributed by atoms with E-state index in [1.54, 1.807) is 11.3 Å². The first-order valence-corrected chi connectivity index (χ1v) is 8.79. The summed E-state index contributed by atoms with van der Waals surface area (Å²) in [5, 5.41) is 5.65. The SMILES string of the molecule is CCC(C)C1NC(c2cccs2)N(C2CCCOC2)C1=O. The molecule has 1 aromatic rings. The number of carbonyl (C=O) groups is 1. The lowest BCUT2D eigenvalue weighted by Gasteiger charge is -2.34. The van der Waals surface area contributed by atoms with Crippen LogP contribution < -0.4 is 5.32 Å². The largest absolute Gasteiger partial charge is 0.379 e. The molecule has 2 fully saturated rings. The van der Waals surface area contributed by atoms with E-state index in [2.05, 4.69) is 41.6 Å². The van der Waals surface area contributed by atoms with Gasteiger partial charge in [0.15, 0.2) is 0 Å². The molecule has 4 atom stereocenters. The molecule has 1 amide bonds. The molecular weight excluding hydrogens is 284 g/mol. The van der Waals surface area contributed by atoms with Gasteiger partial charge in [-0.1, -0.05) is 26.3 Å². The van der Waals surface area contributed by atoms with Gasteiger partial charge in [0.25, 0.3) is 0 Å². The zero-order valence-electron chi connectivity index (χ0n) is 12.7. The van der Waals surface area contributed by atoms with Crippen molar-refractivity contribution in [2.75, 3.05) is 13.2 Å². The Labute approximate surface area is 130 Å². The molecule has 5 heteroatoms. The topological polar surface area (TPSA) is 41.6 Å². The Morgan fingerprint density at radius 3 is 3.05 bits per heavy atom. The summed E-state index contributed by atoms with van der Waals surface area (Å²) >= 11 is 1.71. The highest BCUT2D eigenvalue weighted by atomic mass is 32.1. The van der Waals surface area contributed by atoms with Gasteiger partial charge in [0.1, 0.15) is 6.17 Å². The summed E-state index contributed by atoms with van der Waals surface area (Å²) in [5.74, 6) is 0.604. The molecule has 4 nitrogen and oxygen atoms in total. The van der Waals surface area contributed by atoms with Gasteiger partial charge in [-0.3, -0.25) is 10.1 Å². The van der Waals surface area contributed by atoms with Crippen LogP contribution in [0.2, 0.25) is 0 Å². The number of carbonyl (C=O) groups excluding carboxylic acids is 1. The molecule has 0 spiro atoms. The number of thiophene rings is 1. The van der Waals surface area contributed by atoms with Crippen molar-refractivity contribution < 1.29 is 9.53 Å². The summed E-state index contributed by atoms with van der Waals surface area (Å²) in [7, 11) is 0. The molecule has 0 radical (unpaired) electrons. The Hall–Kier alpha value is -0.910. The first kappa shape index (κ1) is 15.0. The highest BCUT2D eigenvalue weighted by Gasteiger charge is 2.45. The number of amides is 1. The van der Waals surface area contributed by atoms with Crippen LogP contribution in [0, 0.1) is 5.92 Å². The molecule has 0 saturated carbocycles. The maximum atomic E-state index is 12.9. The van der Waals surface area contributed by atoms with E-state index in [4.69, 9.17) is 4.74 Å². The molecule has 3 rings (SSSR count). The van der Waals surface area contributed by atoms with Crippen LogP contribution in [0.25, 0.3) is 0 Å². The lowest BCUT2D eigenvalue weighted by molar-refractivity contribution is -0.136. The molecule has 3 heterocycles. The summed E-state index contributed by atoms with van der Waals surface area (Å²) in [4.78, 5) is 16.2. The molecule has 4 unspecified atom stereocenters. The van der Waals surface area contributed by atoms with E-state index in [1.165, 1.54) is 4.88 Å². The van der Waals surface area contributed by atoms with Crippen molar-refractivity contribution in [3.63, 3.8) is 0 Å². The monoisotopic (exact) mass is 308 g/mol. The predicted octanol–water partition coefficient (Wildman–Crippen LogP) is 2.77. The third-order valence-corrected chi connectivity index (χ3v) is 5.62. The summed E-state index contributed by atoms with van der Waals surface area (Å²) in [6, 6.07) is 4.31. The Bertz CT molecular complexity index is 471. The quantitative estimate of drug-likeness (QED) is 0.930. The second kappa shape index (κ2) is 6.46. The molecule has 0 aromatic carbocycles. The standard InChI is InChI=1S/C16H24N2O2S/c1-3-11(2)14-16(19)18(12-6-4-8-20-10-12)15(17-14)13-7-5-9-21-13/h5,7,9,11-12,14-15,17H,3-4,6,8,10H2,1-2H3. The Balaban J connectivity index is 1.86. The second-order valence-electron chi connectivity index (χ2n) is 6.06. The number of hydrogen-bond donors (Lipinski definition) is 1. The summed E-state index contributed by atoms with van der Waals surface area (Å²) < 4.78 is 5.61. The van der Waals surface area contributed by atoms with Gasteiger partial charge in [0.2, 0.25) is 5.91 Å². The van der Waals surface area contributed by atoms with E-state index < -0.39 is 0 Å². The van der Waals surface area contributed by atoms with Gasteiger partial charge in [0, 0.05) is 11.5 Å². The molecule has 0 bridgehead atoms. The van der Waals surface area contributed by atoms with Crippen LogP contribution in [-0.4, -0.2) is 36.1 Å². The van der Waals surface area contributed by atoms with Gasteiger partial charge in [-0.05, 0) is 30.2 Å². The number of rotatable bonds is 4. The van der Waals surface area contributed by atoms with E-state index in [0.717, 1.165) is 25.9 Å². The van der Waals surface area contributed by atoms with Crippen molar-refractivity contribution in [3.05, 3.63) is 22.4 Å². The Kier molecular flexibility index (Phi) is 4.62. The molecule has 1 N–H and O–H groups in total. The minimum absolute atomic E-state index is 0.0169. The fourth-order valence-electron chi connectivity index (χ4n) is 3.25. The normalized spacial score (nSPS) is 31.6. The third kappa shape index (κ3) is 2.87. The molecule has 116 valence electrons. The lowest BCUT2D eigenvalue weighted by atomic mass is 9.99. The van der Waals surface area contributed by atoms with E-state index in [9.17, 15) is 4.79 Å².